The first kappa shape index (κ1) is 127. The summed E-state index contributed by atoms with van der Waals surface area (Å²) >= 11 is 0. The fourth-order valence-corrected chi connectivity index (χ4v) is 19.3. The fourth-order valence-electron chi connectivity index (χ4n) is 19.3. The van der Waals surface area contributed by atoms with Crippen molar-refractivity contribution in [1.29, 1.82) is 0 Å². The summed E-state index contributed by atoms with van der Waals surface area (Å²) in [5.74, 6) is 1.16. The van der Waals surface area contributed by atoms with Crippen molar-refractivity contribution in [3.05, 3.63) is 178 Å². The van der Waals surface area contributed by atoms with Crippen LogP contribution in [-0.4, -0.2) is 190 Å². The van der Waals surface area contributed by atoms with Crippen LogP contribution in [0.15, 0.2) is 116 Å². The number of nitrogen functional groups attached to an aromatic ring is 2. The molecule has 9 atom stereocenters. The van der Waals surface area contributed by atoms with Crippen LogP contribution < -0.4 is 91.8 Å². The Hall–Kier alpha value is -8.00. The molecule has 30 nitrogen and oxygen atoms in total. The number of ether oxygens (including phenoxy) is 4. The number of rotatable bonds is 34. The Bertz CT molecular complexity index is 5090. The monoisotopic (exact) mass is 2160 g/mol. The molecule has 12 N–H and O–H groups in total. The number of hydrogen-bond donors (Lipinski definition) is 5. The molecule has 7 aliphatic heterocycles. The summed E-state index contributed by atoms with van der Waals surface area (Å²) in [7, 11) is 4.45. The van der Waals surface area contributed by atoms with Crippen molar-refractivity contribution in [2.24, 2.45) is 29.6 Å². The molecule has 5 saturated heterocycles. The van der Waals surface area contributed by atoms with Crippen molar-refractivity contribution >= 4 is 95.0 Å². The molecule has 7 heterocycles. The molecule has 5 saturated carbocycles. The largest absolute Gasteiger partial charge is 1.00 e. The van der Waals surface area contributed by atoms with E-state index in [9.17, 15) is 65.1 Å². The van der Waals surface area contributed by atoms with Crippen LogP contribution in [0.4, 0.5) is 49.5 Å². The average Bonchev–Trinajstić information content (AvgIpc) is 1.57. The first-order valence-electron chi connectivity index (χ1n) is 49.9. The number of anilines is 4. The number of carbonyl (C=O) groups excluding carboxylic acids is 10. The van der Waals surface area contributed by atoms with Gasteiger partial charge in [-0.3, -0.25) is 48.1 Å². The minimum absolute atomic E-state index is 0. The van der Waals surface area contributed by atoms with E-state index in [1.165, 1.54) is 114 Å². The number of likely N-dealkylation sites (tertiary alicyclic amines) is 4. The van der Waals surface area contributed by atoms with E-state index in [4.69, 9.17) is 35.7 Å². The molecule has 5 aromatic carbocycles. The van der Waals surface area contributed by atoms with E-state index in [0.29, 0.717) is 63.1 Å². The van der Waals surface area contributed by atoms with Gasteiger partial charge in [-0.1, -0.05) is 113 Å². The van der Waals surface area contributed by atoms with Crippen molar-refractivity contribution in [3.63, 3.8) is 0 Å². The van der Waals surface area contributed by atoms with E-state index in [2.05, 4.69) is 25.6 Å². The summed E-state index contributed by atoms with van der Waals surface area (Å²) < 4.78 is 91.1. The van der Waals surface area contributed by atoms with E-state index in [-0.39, 0.29) is 242 Å². The first-order valence-corrected chi connectivity index (χ1v) is 49.9. The molecule has 5 aromatic rings. The van der Waals surface area contributed by atoms with Crippen LogP contribution in [0.5, 0.6) is 0 Å². The third-order valence-corrected chi connectivity index (χ3v) is 28.2. The minimum Gasteiger partial charge on any atom is -0.870 e. The Kier molecular flexibility index (Phi) is 55.0. The zero-order chi connectivity index (χ0) is 98.7. The molecule has 5 aliphatic carbocycles. The number of benzene rings is 5. The quantitative estimate of drug-likeness (QED) is 0.00486. The minimum atomic E-state index is -0.850. The van der Waals surface area contributed by atoms with Gasteiger partial charge in [-0.25, -0.2) is 26.7 Å². The molecule has 10 fully saturated rings. The second-order valence-corrected chi connectivity index (χ2v) is 39.9. The van der Waals surface area contributed by atoms with Gasteiger partial charge in [0.2, 0.25) is 41.4 Å². The molecule has 12 aliphatic rings. The molecule has 0 spiro atoms. The molecule has 17 rings (SSSR count). The molecule has 8 amide bonds. The Morgan fingerprint density at radius 3 is 1.19 bits per heavy atom. The molecule has 5 unspecified atom stereocenters. The SMILES string of the molecule is COC(=O)Cc1cc(C(CCC2CC2)N2C=CCCC2=O)ccc1F.CO[C@@H]1C[C@H](C(=O)Nc2cc(C(CCC3CC3)N3CCCCC3=O)ccc2F)N(C(=O)OC(C)(C)C)C1.CO[C@H]1CN[C@@H](C(=O)Nc2cc(C(CCC3CC3)N3CCCCC3=O)ccc2F)C1.Cl.Nc1cc(C(CCC2CC2)N2C=CCCC2=O)ccc1F.Nc1cc(C(CCC2CC2)N2CCCCC2=O)ccc1F.O.O.O=CO[O-].[HH].[Na+].[Na+].[OH-].[Pd]. The van der Waals surface area contributed by atoms with Gasteiger partial charge in [0.25, 0.3) is 6.47 Å². The predicted octanol–water partition coefficient (Wildman–Crippen LogP) is 11.0. The van der Waals surface area contributed by atoms with Gasteiger partial charge in [-0.2, -0.15) is 0 Å². The van der Waals surface area contributed by atoms with Gasteiger partial charge in [-0.15, -0.1) is 12.4 Å². The third-order valence-electron chi connectivity index (χ3n) is 28.2. The van der Waals surface area contributed by atoms with E-state index in [1.54, 1.807) is 98.3 Å². The molecule has 145 heavy (non-hydrogen) atoms. The van der Waals surface area contributed by atoms with Crippen LogP contribution in [0.2, 0.25) is 0 Å². The fraction of sp³-hybridized carbons (Fsp3) is 0.585. The zero-order valence-corrected chi connectivity index (χ0v) is 91.4. The Morgan fingerprint density at radius 2 is 0.848 bits per heavy atom. The molecule has 0 radical (unpaired) electrons. The van der Waals surface area contributed by atoms with Gasteiger partial charge in [0.15, 0.2) is 0 Å². The van der Waals surface area contributed by atoms with Gasteiger partial charge in [0.05, 0.1) is 91.3 Å². The molecular formula is C106H149ClF5N11Na2O19Pd. The van der Waals surface area contributed by atoms with Crippen molar-refractivity contribution in [1.82, 2.24) is 34.7 Å². The molecule has 39 heteroatoms. The standard InChI is InChI=1S/C28H40FN3O5.C23H32FN3O3.C20H24FNO3.C17H23FN2O.C17H21FN2O.CH2O3.ClH.2Na.3H2O.Pd.H2/c1-28(2,3)37-27(35)32-17-20(36-4)16-24(32)26(34)30-22-15-19(11-12-21(22)29)23(13-10-18-8-9-18)31-14-6-5-7-25(31)33;1-30-17-13-20(25-14-17)23(29)26-19-12-16(8-9-18(19)24)21(10-7-15-5-6-15)27-11-3-2-4-22(27)28;1-25-20(24)13-16-12-15(8-9-17(16)21)18(10-7-14-5-6-14)22-11-3-2-4-19(22)23;2*18-14-8-7-13(11-15(14)19)16(9-6-12-4-5-12)20-10-2-1-3-17(20)21;2-1-4-3;;;;;;;;/h11-12,15,18,20,23-24H,5-10,13-14,16-17H2,1-4H3,(H,30,34);8-9,12,15,17,20-21,25H,2-7,10-11,13-14H2,1H3,(H,26,29);3,8-9,11-12,14,18H,2,4-7,10,13H2,1H3;7-8,11-12,16H,1-6,9-10,19H2;2,7-8,10-12,16H,1,3-6,9,19H2;1,3H;1H;;;3*1H2;;1H/q;;;;;;;2*+1;;;;;/p-2/t20-,23?,24-;17-,20-,21?;;;;;;;;;;;;/m11............/s1. The van der Waals surface area contributed by atoms with Gasteiger partial charge in [0, 0.05) is 113 Å². The number of amides is 8. The first-order chi connectivity index (χ1) is 66.4. The van der Waals surface area contributed by atoms with Gasteiger partial charge < -0.3 is 97.4 Å². The van der Waals surface area contributed by atoms with E-state index >= 15 is 0 Å². The summed E-state index contributed by atoms with van der Waals surface area (Å²) in [6.07, 6.45) is 40.3. The van der Waals surface area contributed by atoms with E-state index < -0.39 is 58.9 Å². The van der Waals surface area contributed by atoms with Gasteiger partial charge >= 0.3 is 71.2 Å². The second kappa shape index (κ2) is 62.6. The van der Waals surface area contributed by atoms with Crippen LogP contribution in [0, 0.1) is 58.7 Å². The van der Waals surface area contributed by atoms with Crippen molar-refractivity contribution in [2.75, 3.05) is 76.2 Å². The summed E-state index contributed by atoms with van der Waals surface area (Å²) in [5, 5.41) is 17.0. The summed E-state index contributed by atoms with van der Waals surface area (Å²) in [6, 6.07) is 22.6. The van der Waals surface area contributed by atoms with Crippen LogP contribution in [0.1, 0.15) is 311 Å². The number of halogens is 6. The normalized spacial score (nSPS) is 20.3. The maximum atomic E-state index is 14.9. The number of nitrogens with zero attached hydrogens (tertiary/aromatic N) is 6. The topological polar surface area (TPSA) is 440 Å². The Labute approximate surface area is 914 Å². The van der Waals surface area contributed by atoms with Crippen LogP contribution in [-0.2, 0) is 93.8 Å². The van der Waals surface area contributed by atoms with Gasteiger partial charge in [-0.05, 0) is 260 Å². The maximum absolute atomic E-state index is 14.9. The summed E-state index contributed by atoms with van der Waals surface area (Å²) in [6.45, 7) is 8.18. The molecule has 0 bridgehead atoms. The smallest absolute Gasteiger partial charge is 0.870 e. The second-order valence-electron chi connectivity index (χ2n) is 39.9. The Balaban J connectivity index is 0.000000377. The zero-order valence-electron chi connectivity index (χ0n) is 85.1. The van der Waals surface area contributed by atoms with Crippen LogP contribution in [0.3, 0.4) is 0 Å². The number of piperidine rings is 3. The van der Waals surface area contributed by atoms with Crippen LogP contribution in [0.25, 0.3) is 0 Å². The number of allylic oxidation sites excluding steroid dienone is 2. The number of carbonyl (C=O) groups is 10. The van der Waals surface area contributed by atoms with Crippen molar-refractivity contribution in [3.8, 4) is 0 Å². The molecule has 0 aromatic heterocycles. The van der Waals surface area contributed by atoms with Crippen molar-refractivity contribution in [2.45, 2.75) is 312 Å². The third kappa shape index (κ3) is 39.4. The van der Waals surface area contributed by atoms with Crippen LogP contribution >= 0.6 is 12.4 Å². The summed E-state index contributed by atoms with van der Waals surface area (Å²) in [4.78, 5) is 134. The number of hydrogen-bond acceptors (Lipinski definition) is 20. The average molecular weight is 2160 g/mol. The van der Waals surface area contributed by atoms with E-state index in [1.807, 2.05) is 39.3 Å². The predicted molar refractivity (Wildman–Crippen MR) is 529 cm³/mol. The number of nitrogens with two attached hydrogens (primary N) is 2. The number of methoxy groups -OCH3 is 3. The maximum Gasteiger partial charge on any atom is 1.00 e. The van der Waals surface area contributed by atoms with Crippen molar-refractivity contribution < 1.29 is 196 Å². The Morgan fingerprint density at radius 1 is 0.497 bits per heavy atom. The van der Waals surface area contributed by atoms with Gasteiger partial charge in [0.1, 0.15) is 40.7 Å². The molecular weight excluding hydrogens is 2010 g/mol. The number of esters is 1. The molecule has 796 valence electrons. The number of nitrogens with one attached hydrogen (secondary N) is 3. The summed E-state index contributed by atoms with van der Waals surface area (Å²) in [5.41, 5.74) is 16.1. The van der Waals surface area contributed by atoms with E-state index in [0.717, 1.165) is 180 Å².